The highest BCUT2D eigenvalue weighted by molar-refractivity contribution is 7.18. The largest absolute Gasteiger partial charge is 0.283 e. The Kier molecular flexibility index (Phi) is 6.13. The van der Waals surface area contributed by atoms with Crippen LogP contribution in [0.2, 0.25) is 5.02 Å². The molecule has 0 aliphatic carbocycles. The summed E-state index contributed by atoms with van der Waals surface area (Å²) in [5, 5.41) is 20.9. The Morgan fingerprint density at radius 3 is 2.68 bits per heavy atom. The molecule has 0 saturated heterocycles. The van der Waals surface area contributed by atoms with Gasteiger partial charge in [0.25, 0.3) is 11.6 Å². The van der Waals surface area contributed by atoms with Gasteiger partial charge in [0.1, 0.15) is 5.01 Å². The first-order chi connectivity index (χ1) is 13.5. The molecule has 1 aromatic heterocycles. The first-order valence-electron chi connectivity index (χ1n) is 8.31. The van der Waals surface area contributed by atoms with E-state index >= 15 is 0 Å². The van der Waals surface area contributed by atoms with Gasteiger partial charge >= 0.3 is 0 Å². The van der Waals surface area contributed by atoms with Gasteiger partial charge in [-0.25, -0.2) is 0 Å². The SMILES string of the molecule is CCN(C(=O)C=Cc1cccc([N+](=O)[O-])c1)c1nnc(-c2ccc(Cl)cc2)s1. The molecule has 0 fully saturated rings. The average molecular weight is 415 g/mol. The molecule has 0 aliphatic heterocycles. The van der Waals surface area contributed by atoms with Crippen LogP contribution in [0.25, 0.3) is 16.6 Å². The monoisotopic (exact) mass is 414 g/mol. The number of non-ortho nitro benzene ring substituents is 1. The smallest absolute Gasteiger partial charge is 0.270 e. The van der Waals surface area contributed by atoms with E-state index in [4.69, 9.17) is 11.6 Å². The van der Waals surface area contributed by atoms with Gasteiger partial charge in [-0.3, -0.25) is 19.8 Å². The Bertz CT molecular complexity index is 1030. The first-order valence-corrected chi connectivity index (χ1v) is 9.51. The van der Waals surface area contributed by atoms with Crippen LogP contribution in [0.4, 0.5) is 10.8 Å². The molecule has 3 rings (SSSR count). The molecule has 1 amide bonds. The van der Waals surface area contributed by atoms with E-state index in [0.717, 1.165) is 5.56 Å². The van der Waals surface area contributed by atoms with E-state index in [2.05, 4.69) is 10.2 Å². The van der Waals surface area contributed by atoms with E-state index in [1.807, 2.05) is 19.1 Å². The van der Waals surface area contributed by atoms with Crippen LogP contribution in [0.5, 0.6) is 0 Å². The van der Waals surface area contributed by atoms with Crippen molar-refractivity contribution < 1.29 is 9.72 Å². The molecule has 7 nitrogen and oxygen atoms in total. The molecular formula is C19H15ClN4O3S. The number of nitro groups is 1. The van der Waals surface area contributed by atoms with Gasteiger partial charge in [-0.15, -0.1) is 10.2 Å². The normalized spacial score (nSPS) is 10.9. The maximum absolute atomic E-state index is 12.6. The summed E-state index contributed by atoms with van der Waals surface area (Å²) in [6.07, 6.45) is 2.91. The van der Waals surface area contributed by atoms with Crippen LogP contribution in [0.3, 0.4) is 0 Å². The van der Waals surface area contributed by atoms with Gasteiger partial charge in [-0.2, -0.15) is 0 Å². The van der Waals surface area contributed by atoms with Crippen molar-refractivity contribution in [3.8, 4) is 10.6 Å². The summed E-state index contributed by atoms with van der Waals surface area (Å²) in [5.74, 6) is -0.284. The molecular weight excluding hydrogens is 400 g/mol. The van der Waals surface area contributed by atoms with Crippen LogP contribution < -0.4 is 4.90 Å². The summed E-state index contributed by atoms with van der Waals surface area (Å²) in [7, 11) is 0. The van der Waals surface area contributed by atoms with E-state index in [1.54, 1.807) is 30.3 Å². The van der Waals surface area contributed by atoms with Crippen molar-refractivity contribution in [2.24, 2.45) is 0 Å². The van der Waals surface area contributed by atoms with Crippen molar-refractivity contribution in [2.75, 3.05) is 11.4 Å². The van der Waals surface area contributed by atoms with Crippen molar-refractivity contribution in [2.45, 2.75) is 6.92 Å². The molecule has 2 aromatic carbocycles. The van der Waals surface area contributed by atoms with Crippen molar-refractivity contribution in [3.05, 3.63) is 75.3 Å². The number of rotatable bonds is 6. The minimum Gasteiger partial charge on any atom is -0.283 e. The molecule has 0 atom stereocenters. The zero-order valence-corrected chi connectivity index (χ0v) is 16.4. The summed E-state index contributed by atoms with van der Waals surface area (Å²) in [6, 6.07) is 13.3. The summed E-state index contributed by atoms with van der Waals surface area (Å²) in [5.41, 5.74) is 1.40. The van der Waals surface area contributed by atoms with Crippen LogP contribution in [0, 0.1) is 10.1 Å². The standard InChI is InChI=1S/C19H15ClN4O3S/c1-2-23(17(25)11-6-13-4-3-5-16(12-13)24(26)27)19-22-21-18(28-19)14-7-9-15(20)10-8-14/h3-12H,2H2,1H3. The van der Waals surface area contributed by atoms with E-state index in [-0.39, 0.29) is 11.6 Å². The second kappa shape index (κ2) is 8.73. The number of benzene rings is 2. The van der Waals surface area contributed by atoms with Crippen molar-refractivity contribution >= 4 is 45.7 Å². The maximum atomic E-state index is 12.6. The Morgan fingerprint density at radius 2 is 2.00 bits per heavy atom. The first kappa shape index (κ1) is 19.7. The lowest BCUT2D eigenvalue weighted by Gasteiger charge is -2.14. The van der Waals surface area contributed by atoms with Crippen molar-refractivity contribution in [3.63, 3.8) is 0 Å². The highest BCUT2D eigenvalue weighted by Gasteiger charge is 2.17. The van der Waals surface area contributed by atoms with Crippen molar-refractivity contribution in [1.82, 2.24) is 10.2 Å². The number of nitro benzene ring substituents is 1. The fraction of sp³-hybridized carbons (Fsp3) is 0.105. The third-order valence-corrected chi connectivity index (χ3v) is 5.07. The van der Waals surface area contributed by atoms with Gasteiger partial charge in [0, 0.05) is 35.3 Å². The van der Waals surface area contributed by atoms with Gasteiger partial charge in [0.2, 0.25) is 5.13 Å². The van der Waals surface area contributed by atoms with Crippen LogP contribution >= 0.6 is 22.9 Å². The fourth-order valence-electron chi connectivity index (χ4n) is 2.42. The van der Waals surface area contributed by atoms with Gasteiger partial charge in [0.15, 0.2) is 0 Å². The third-order valence-electron chi connectivity index (χ3n) is 3.82. The number of carbonyl (C=O) groups is 1. The predicted octanol–water partition coefficient (Wildman–Crippen LogP) is 4.83. The molecule has 28 heavy (non-hydrogen) atoms. The second-order valence-electron chi connectivity index (χ2n) is 5.66. The number of hydrogen-bond acceptors (Lipinski definition) is 6. The second-order valence-corrected chi connectivity index (χ2v) is 7.06. The van der Waals surface area contributed by atoms with Crippen molar-refractivity contribution in [1.29, 1.82) is 0 Å². The minimum atomic E-state index is -0.475. The highest BCUT2D eigenvalue weighted by atomic mass is 35.5. The summed E-state index contributed by atoms with van der Waals surface area (Å²) < 4.78 is 0. The molecule has 1 heterocycles. The van der Waals surface area contributed by atoms with Crippen LogP contribution in [0.15, 0.2) is 54.6 Å². The highest BCUT2D eigenvalue weighted by Crippen LogP contribution is 2.29. The minimum absolute atomic E-state index is 0.0290. The molecule has 3 aromatic rings. The molecule has 9 heteroatoms. The number of hydrogen-bond donors (Lipinski definition) is 0. The van der Waals surface area contributed by atoms with Crippen LogP contribution in [-0.4, -0.2) is 27.6 Å². The molecule has 0 spiro atoms. The number of likely N-dealkylation sites (N-methyl/N-ethyl adjacent to an activating group) is 1. The lowest BCUT2D eigenvalue weighted by molar-refractivity contribution is -0.384. The van der Waals surface area contributed by atoms with E-state index in [1.165, 1.54) is 34.4 Å². The topological polar surface area (TPSA) is 89.2 Å². The number of carbonyl (C=O) groups excluding carboxylic acids is 1. The molecule has 0 unspecified atom stereocenters. The maximum Gasteiger partial charge on any atom is 0.270 e. The predicted molar refractivity (Wildman–Crippen MR) is 111 cm³/mol. The quantitative estimate of drug-likeness (QED) is 0.327. The molecule has 0 N–H and O–H groups in total. The number of amides is 1. The van der Waals surface area contributed by atoms with Crippen LogP contribution in [-0.2, 0) is 4.79 Å². The van der Waals surface area contributed by atoms with Gasteiger partial charge in [-0.1, -0.05) is 47.2 Å². The summed E-state index contributed by atoms with van der Waals surface area (Å²) >= 11 is 7.20. The Balaban J connectivity index is 1.78. The zero-order chi connectivity index (χ0) is 20.1. The molecule has 0 aliphatic rings. The van der Waals surface area contributed by atoms with Crippen LogP contribution in [0.1, 0.15) is 12.5 Å². The van der Waals surface area contributed by atoms with Gasteiger partial charge in [-0.05, 0) is 30.7 Å². The number of halogens is 1. The summed E-state index contributed by atoms with van der Waals surface area (Å²) in [6.45, 7) is 2.25. The fourth-order valence-corrected chi connectivity index (χ4v) is 3.46. The van der Waals surface area contributed by atoms with E-state index < -0.39 is 4.92 Å². The van der Waals surface area contributed by atoms with Gasteiger partial charge < -0.3 is 0 Å². The lowest BCUT2D eigenvalue weighted by atomic mass is 10.2. The average Bonchev–Trinajstić information content (AvgIpc) is 3.17. The zero-order valence-electron chi connectivity index (χ0n) is 14.8. The Morgan fingerprint density at radius 1 is 1.25 bits per heavy atom. The number of anilines is 1. The van der Waals surface area contributed by atoms with Gasteiger partial charge in [0.05, 0.1) is 4.92 Å². The molecule has 0 radical (unpaired) electrons. The number of aromatic nitrogens is 2. The van der Waals surface area contributed by atoms with E-state index in [9.17, 15) is 14.9 Å². The molecule has 0 bridgehead atoms. The summed E-state index contributed by atoms with van der Waals surface area (Å²) in [4.78, 5) is 24.5. The lowest BCUT2D eigenvalue weighted by Crippen LogP contribution is -2.28. The third kappa shape index (κ3) is 4.59. The Labute approximate surface area is 170 Å². The number of nitrogens with zero attached hydrogens (tertiary/aromatic N) is 4. The Hall–Kier alpha value is -3.10. The molecule has 0 saturated carbocycles. The van der Waals surface area contributed by atoms with E-state index in [0.29, 0.717) is 27.3 Å². The molecule has 142 valence electrons.